The van der Waals surface area contributed by atoms with Crippen LogP contribution in [0, 0.1) is 6.92 Å². The Morgan fingerprint density at radius 2 is 1.63 bits per heavy atom. The summed E-state index contributed by atoms with van der Waals surface area (Å²) in [5.74, 6) is 1.75. The van der Waals surface area contributed by atoms with Crippen molar-refractivity contribution < 1.29 is 9.15 Å². The van der Waals surface area contributed by atoms with Gasteiger partial charge in [0, 0.05) is 16.3 Å². The quantitative estimate of drug-likeness (QED) is 0.319. The summed E-state index contributed by atoms with van der Waals surface area (Å²) in [5.41, 5.74) is 6.23. The Balaban J connectivity index is 1.60. The predicted molar refractivity (Wildman–Crippen MR) is 122 cm³/mol. The molecule has 0 amide bonds. The van der Waals surface area contributed by atoms with Crippen LogP contribution in [0.3, 0.4) is 0 Å². The molecule has 0 saturated heterocycles. The number of pyridine rings is 1. The highest BCUT2D eigenvalue weighted by Gasteiger charge is 2.16. The lowest BCUT2D eigenvalue weighted by Crippen LogP contribution is -1.98. The number of nitrogens with zero attached hydrogens (tertiary/aromatic N) is 1. The number of para-hydroxylation sites is 1. The predicted octanol–water partition coefficient (Wildman–Crippen LogP) is 7.10. The highest BCUT2D eigenvalue weighted by molar-refractivity contribution is 5.97. The first kappa shape index (κ1) is 18.4. The molecule has 2 heterocycles. The fourth-order valence-corrected chi connectivity index (χ4v) is 4.02. The monoisotopic (exact) mass is 393 g/mol. The number of hydrogen-bond acceptors (Lipinski definition) is 3. The molecule has 3 nitrogen and oxygen atoms in total. The molecular formula is C27H23NO2. The molecule has 3 aromatic carbocycles. The van der Waals surface area contributed by atoms with Crippen molar-refractivity contribution in [1.82, 2.24) is 4.98 Å². The van der Waals surface area contributed by atoms with E-state index < -0.39 is 0 Å². The van der Waals surface area contributed by atoms with E-state index in [-0.39, 0.29) is 0 Å². The lowest BCUT2D eigenvalue weighted by molar-refractivity contribution is 0.310. The molecule has 3 heteroatoms. The zero-order valence-corrected chi connectivity index (χ0v) is 17.2. The van der Waals surface area contributed by atoms with Crippen molar-refractivity contribution in [2.75, 3.05) is 0 Å². The SMILES string of the molecule is CCc1ccc(OCc2ccccc2)c2ccc(-c3c(C)oc4ccccc34)nc12. The Kier molecular flexibility index (Phi) is 4.72. The van der Waals surface area contributed by atoms with Crippen LogP contribution in [0.25, 0.3) is 33.1 Å². The summed E-state index contributed by atoms with van der Waals surface area (Å²) in [6.07, 6.45) is 0.914. The first-order valence-corrected chi connectivity index (χ1v) is 10.3. The van der Waals surface area contributed by atoms with Gasteiger partial charge in [0.25, 0.3) is 0 Å². The van der Waals surface area contributed by atoms with Crippen molar-refractivity contribution in [3.05, 3.63) is 95.7 Å². The smallest absolute Gasteiger partial charge is 0.134 e. The fourth-order valence-electron chi connectivity index (χ4n) is 4.02. The molecular weight excluding hydrogens is 370 g/mol. The van der Waals surface area contributed by atoms with Crippen LogP contribution in [0.15, 0.2) is 83.3 Å². The van der Waals surface area contributed by atoms with Crippen LogP contribution < -0.4 is 4.74 Å². The molecule has 30 heavy (non-hydrogen) atoms. The van der Waals surface area contributed by atoms with Gasteiger partial charge in [0.2, 0.25) is 0 Å². The summed E-state index contributed by atoms with van der Waals surface area (Å²) in [4.78, 5) is 5.08. The molecule has 0 N–H and O–H groups in total. The number of fused-ring (bicyclic) bond motifs is 2. The standard InChI is InChI=1S/C27H23NO2/c1-3-20-13-16-24(29-17-19-9-5-4-6-10-19)22-14-15-23(28-27(20)22)26-18(2)30-25-12-8-7-11-21(25)26/h4-16H,3,17H2,1-2H3. The van der Waals surface area contributed by atoms with Gasteiger partial charge in [-0.25, -0.2) is 4.98 Å². The Morgan fingerprint density at radius 3 is 2.47 bits per heavy atom. The molecule has 0 spiro atoms. The molecule has 0 bridgehead atoms. The minimum atomic E-state index is 0.536. The van der Waals surface area contributed by atoms with Crippen LogP contribution in [0.2, 0.25) is 0 Å². The molecule has 0 aliphatic rings. The van der Waals surface area contributed by atoms with E-state index >= 15 is 0 Å². The van der Waals surface area contributed by atoms with Crippen molar-refractivity contribution in [3.8, 4) is 17.0 Å². The normalized spacial score (nSPS) is 11.3. The van der Waals surface area contributed by atoms with Crippen LogP contribution in [-0.2, 0) is 13.0 Å². The number of aryl methyl sites for hydroxylation is 2. The average molecular weight is 393 g/mol. The maximum Gasteiger partial charge on any atom is 0.134 e. The van der Waals surface area contributed by atoms with E-state index in [0.717, 1.165) is 56.6 Å². The number of furan rings is 1. The van der Waals surface area contributed by atoms with Gasteiger partial charge < -0.3 is 9.15 Å². The summed E-state index contributed by atoms with van der Waals surface area (Å²) in [6, 6.07) is 26.7. The van der Waals surface area contributed by atoms with Gasteiger partial charge in [-0.3, -0.25) is 0 Å². The molecule has 0 saturated carbocycles. The number of ether oxygens (including phenoxy) is 1. The van der Waals surface area contributed by atoms with E-state index in [0.29, 0.717) is 6.61 Å². The van der Waals surface area contributed by atoms with Crippen molar-refractivity contribution in [1.29, 1.82) is 0 Å². The largest absolute Gasteiger partial charge is 0.488 e. The minimum absolute atomic E-state index is 0.536. The highest BCUT2D eigenvalue weighted by Crippen LogP contribution is 2.36. The number of aromatic nitrogens is 1. The number of benzene rings is 3. The molecule has 148 valence electrons. The van der Waals surface area contributed by atoms with Gasteiger partial charge in [-0.2, -0.15) is 0 Å². The number of rotatable bonds is 5. The minimum Gasteiger partial charge on any atom is -0.488 e. The third-order valence-electron chi connectivity index (χ3n) is 5.55. The van der Waals surface area contributed by atoms with Gasteiger partial charge in [0.1, 0.15) is 23.7 Å². The summed E-state index contributed by atoms with van der Waals surface area (Å²) >= 11 is 0. The summed E-state index contributed by atoms with van der Waals surface area (Å²) < 4.78 is 12.1. The Bertz CT molecular complexity index is 1340. The second-order valence-corrected chi connectivity index (χ2v) is 7.47. The second kappa shape index (κ2) is 7.68. The molecule has 0 aliphatic heterocycles. The first-order valence-electron chi connectivity index (χ1n) is 10.3. The van der Waals surface area contributed by atoms with Crippen LogP contribution >= 0.6 is 0 Å². The van der Waals surface area contributed by atoms with Crippen LogP contribution in [0.1, 0.15) is 23.8 Å². The molecule has 5 aromatic rings. The van der Waals surface area contributed by atoms with Gasteiger partial charge in [0.15, 0.2) is 0 Å². The van der Waals surface area contributed by atoms with E-state index in [4.69, 9.17) is 14.1 Å². The maximum absolute atomic E-state index is 6.17. The lowest BCUT2D eigenvalue weighted by atomic mass is 10.0. The molecule has 2 aromatic heterocycles. The highest BCUT2D eigenvalue weighted by atomic mass is 16.5. The van der Waals surface area contributed by atoms with E-state index in [2.05, 4.69) is 49.4 Å². The Labute approximate surface area is 175 Å². The van der Waals surface area contributed by atoms with E-state index in [9.17, 15) is 0 Å². The average Bonchev–Trinajstić information content (AvgIpc) is 3.13. The Hall–Kier alpha value is -3.59. The van der Waals surface area contributed by atoms with Gasteiger partial charge in [0.05, 0.1) is 11.2 Å². The van der Waals surface area contributed by atoms with Gasteiger partial charge in [-0.15, -0.1) is 0 Å². The zero-order chi connectivity index (χ0) is 20.5. The third-order valence-corrected chi connectivity index (χ3v) is 5.55. The fraction of sp³-hybridized carbons (Fsp3) is 0.148. The summed E-state index contributed by atoms with van der Waals surface area (Å²) in [7, 11) is 0. The molecule has 5 rings (SSSR count). The van der Waals surface area contributed by atoms with Crippen molar-refractivity contribution in [2.24, 2.45) is 0 Å². The lowest BCUT2D eigenvalue weighted by Gasteiger charge is -2.13. The van der Waals surface area contributed by atoms with E-state index in [1.165, 1.54) is 5.56 Å². The van der Waals surface area contributed by atoms with E-state index in [1.54, 1.807) is 0 Å². The van der Waals surface area contributed by atoms with Crippen LogP contribution in [0.5, 0.6) is 5.75 Å². The van der Waals surface area contributed by atoms with Gasteiger partial charge in [-0.1, -0.05) is 61.5 Å². The molecule has 0 aliphatic carbocycles. The van der Waals surface area contributed by atoms with Crippen molar-refractivity contribution in [3.63, 3.8) is 0 Å². The molecule has 0 radical (unpaired) electrons. The first-order chi connectivity index (χ1) is 14.7. The molecule has 0 unspecified atom stereocenters. The molecule has 0 fully saturated rings. The third kappa shape index (κ3) is 3.22. The van der Waals surface area contributed by atoms with Crippen molar-refractivity contribution >= 4 is 21.9 Å². The van der Waals surface area contributed by atoms with Crippen molar-refractivity contribution in [2.45, 2.75) is 26.9 Å². The van der Waals surface area contributed by atoms with Gasteiger partial charge >= 0.3 is 0 Å². The summed E-state index contributed by atoms with van der Waals surface area (Å²) in [5, 5.41) is 2.14. The van der Waals surface area contributed by atoms with E-state index in [1.807, 2.05) is 43.3 Å². The van der Waals surface area contributed by atoms with Gasteiger partial charge in [-0.05, 0) is 48.7 Å². The Morgan fingerprint density at radius 1 is 0.833 bits per heavy atom. The maximum atomic E-state index is 6.17. The number of hydrogen-bond donors (Lipinski definition) is 0. The van der Waals surface area contributed by atoms with Crippen LogP contribution in [-0.4, -0.2) is 4.98 Å². The zero-order valence-electron chi connectivity index (χ0n) is 17.2. The topological polar surface area (TPSA) is 35.3 Å². The summed E-state index contributed by atoms with van der Waals surface area (Å²) in [6.45, 7) is 4.70. The van der Waals surface area contributed by atoms with Crippen LogP contribution in [0.4, 0.5) is 0 Å². The molecule has 0 atom stereocenters. The second-order valence-electron chi connectivity index (χ2n) is 7.47.